The van der Waals surface area contributed by atoms with Crippen LogP contribution >= 0.6 is 11.8 Å². The number of benzene rings is 1. The molecule has 0 radical (unpaired) electrons. The molecule has 82 valence electrons. The molecule has 0 unspecified atom stereocenters. The van der Waals surface area contributed by atoms with Gasteiger partial charge < -0.3 is 4.57 Å². The Bertz CT molecular complexity index is 543. The largest absolute Gasteiger partial charge is 0.303 e. The molecule has 3 heteroatoms. The van der Waals surface area contributed by atoms with Gasteiger partial charge in [-0.2, -0.15) is 0 Å². The summed E-state index contributed by atoms with van der Waals surface area (Å²) in [5.41, 5.74) is 3.85. The summed E-state index contributed by atoms with van der Waals surface area (Å²) in [7, 11) is 0. The number of fused-ring (bicyclic) bond motifs is 3. The van der Waals surface area contributed by atoms with Crippen LogP contribution in [0.15, 0.2) is 29.3 Å². The van der Waals surface area contributed by atoms with Gasteiger partial charge in [-0.05, 0) is 43.4 Å². The topological polar surface area (TPSA) is 17.8 Å². The number of imidazole rings is 1. The van der Waals surface area contributed by atoms with Crippen molar-refractivity contribution < 1.29 is 0 Å². The van der Waals surface area contributed by atoms with Gasteiger partial charge in [-0.25, -0.2) is 4.98 Å². The van der Waals surface area contributed by atoms with Gasteiger partial charge in [0, 0.05) is 17.5 Å². The number of aryl methyl sites for hydroxylation is 3. The van der Waals surface area contributed by atoms with Crippen LogP contribution in [0.1, 0.15) is 17.1 Å². The summed E-state index contributed by atoms with van der Waals surface area (Å²) in [5.74, 6) is 1.20. The number of hydrogen-bond donors (Lipinski definition) is 0. The minimum absolute atomic E-state index is 1.05. The van der Waals surface area contributed by atoms with E-state index in [1.165, 1.54) is 22.0 Å². The minimum Gasteiger partial charge on any atom is -0.303 e. The zero-order chi connectivity index (χ0) is 11.1. The normalized spacial score (nSPS) is 13.4. The first-order valence-electron chi connectivity index (χ1n) is 5.50. The third-order valence-electron chi connectivity index (χ3n) is 3.06. The van der Waals surface area contributed by atoms with Gasteiger partial charge in [-0.15, -0.1) is 11.8 Å². The van der Waals surface area contributed by atoms with Crippen LogP contribution in [-0.4, -0.2) is 15.8 Å². The second-order valence-corrected chi connectivity index (χ2v) is 5.04. The molecule has 0 aliphatic carbocycles. The first kappa shape index (κ1) is 9.97. The number of nitrogens with zero attached hydrogens (tertiary/aromatic N) is 2. The van der Waals surface area contributed by atoms with Crippen molar-refractivity contribution in [2.45, 2.75) is 24.7 Å². The molecule has 2 nitrogen and oxygen atoms in total. The molecule has 2 heterocycles. The van der Waals surface area contributed by atoms with Crippen LogP contribution in [0, 0.1) is 6.92 Å². The van der Waals surface area contributed by atoms with E-state index in [9.17, 15) is 0 Å². The van der Waals surface area contributed by atoms with Gasteiger partial charge in [0.2, 0.25) is 0 Å². The van der Waals surface area contributed by atoms with E-state index in [0.717, 1.165) is 18.5 Å². The molecule has 1 aliphatic rings. The van der Waals surface area contributed by atoms with Crippen LogP contribution in [0.3, 0.4) is 0 Å². The van der Waals surface area contributed by atoms with Crippen LogP contribution in [0.4, 0.5) is 0 Å². The quantitative estimate of drug-likeness (QED) is 0.701. The van der Waals surface area contributed by atoms with Gasteiger partial charge in [0.25, 0.3) is 0 Å². The average molecular weight is 230 g/mol. The molecular weight excluding hydrogens is 216 g/mol. The average Bonchev–Trinajstić information content (AvgIpc) is 2.69. The lowest BCUT2D eigenvalue weighted by molar-refractivity contribution is 0.775. The van der Waals surface area contributed by atoms with Crippen molar-refractivity contribution in [2.75, 3.05) is 6.26 Å². The van der Waals surface area contributed by atoms with Crippen LogP contribution in [-0.2, 0) is 12.8 Å². The Morgan fingerprint density at radius 2 is 2.19 bits per heavy atom. The van der Waals surface area contributed by atoms with Gasteiger partial charge in [-0.1, -0.05) is 0 Å². The molecule has 0 saturated heterocycles. The van der Waals surface area contributed by atoms with Crippen molar-refractivity contribution in [3.63, 3.8) is 0 Å². The zero-order valence-corrected chi connectivity index (χ0v) is 10.3. The van der Waals surface area contributed by atoms with E-state index >= 15 is 0 Å². The second-order valence-electron chi connectivity index (χ2n) is 4.16. The molecule has 0 N–H and O–H groups in total. The summed E-state index contributed by atoms with van der Waals surface area (Å²) < 4.78 is 2.23. The summed E-state index contributed by atoms with van der Waals surface area (Å²) in [5, 5.41) is 0. The lowest BCUT2D eigenvalue weighted by Gasteiger charge is -2.18. The van der Waals surface area contributed by atoms with Crippen molar-refractivity contribution in [3.05, 3.63) is 41.5 Å². The maximum atomic E-state index is 4.55. The molecule has 0 bridgehead atoms. The van der Waals surface area contributed by atoms with Gasteiger partial charge in [-0.3, -0.25) is 0 Å². The number of thioether (sulfide) groups is 1. The molecule has 1 aliphatic heterocycles. The van der Waals surface area contributed by atoms with E-state index in [1.54, 1.807) is 11.8 Å². The summed E-state index contributed by atoms with van der Waals surface area (Å²) in [6.45, 7) is 2.06. The zero-order valence-electron chi connectivity index (χ0n) is 9.53. The molecule has 0 saturated carbocycles. The van der Waals surface area contributed by atoms with Crippen molar-refractivity contribution in [1.29, 1.82) is 0 Å². The van der Waals surface area contributed by atoms with Crippen LogP contribution < -0.4 is 0 Å². The van der Waals surface area contributed by atoms with E-state index in [0.29, 0.717) is 0 Å². The smallest absolute Gasteiger partial charge is 0.113 e. The molecule has 0 fully saturated rings. The van der Waals surface area contributed by atoms with Crippen molar-refractivity contribution >= 4 is 11.8 Å². The van der Waals surface area contributed by atoms with E-state index in [-0.39, 0.29) is 0 Å². The maximum Gasteiger partial charge on any atom is 0.113 e. The molecule has 2 aromatic rings. The molecule has 0 amide bonds. The van der Waals surface area contributed by atoms with E-state index in [2.05, 4.69) is 47.1 Å². The molecule has 1 aromatic carbocycles. The summed E-state index contributed by atoms with van der Waals surface area (Å²) >= 11 is 1.80. The monoisotopic (exact) mass is 230 g/mol. The van der Waals surface area contributed by atoms with Crippen LogP contribution in [0.25, 0.3) is 5.69 Å². The maximum absolute atomic E-state index is 4.55. The Morgan fingerprint density at radius 1 is 1.31 bits per heavy atom. The number of rotatable bonds is 1. The first-order valence-corrected chi connectivity index (χ1v) is 6.72. The predicted molar refractivity (Wildman–Crippen MR) is 67.5 cm³/mol. The third-order valence-corrected chi connectivity index (χ3v) is 3.79. The fourth-order valence-corrected chi connectivity index (χ4v) is 2.77. The van der Waals surface area contributed by atoms with Crippen LogP contribution in [0.5, 0.6) is 0 Å². The molecule has 16 heavy (non-hydrogen) atoms. The molecule has 0 atom stereocenters. The highest BCUT2D eigenvalue weighted by molar-refractivity contribution is 7.98. The summed E-state index contributed by atoms with van der Waals surface area (Å²) in [4.78, 5) is 5.90. The Kier molecular flexibility index (Phi) is 2.28. The van der Waals surface area contributed by atoms with E-state index in [4.69, 9.17) is 0 Å². The highest BCUT2D eigenvalue weighted by atomic mass is 32.2. The first-order chi connectivity index (χ1) is 7.78. The summed E-state index contributed by atoms with van der Waals surface area (Å²) in [6, 6.07) is 6.71. The van der Waals surface area contributed by atoms with E-state index in [1.807, 2.05) is 0 Å². The van der Waals surface area contributed by atoms with Crippen LogP contribution in [0.2, 0.25) is 0 Å². The third kappa shape index (κ3) is 1.47. The van der Waals surface area contributed by atoms with Gasteiger partial charge >= 0.3 is 0 Å². The summed E-state index contributed by atoms with van der Waals surface area (Å²) in [6.07, 6.45) is 6.42. The Hall–Kier alpha value is -1.22. The fraction of sp³-hybridized carbons (Fsp3) is 0.308. The lowest BCUT2D eigenvalue weighted by Crippen LogP contribution is -2.11. The van der Waals surface area contributed by atoms with Gasteiger partial charge in [0.05, 0.1) is 11.4 Å². The van der Waals surface area contributed by atoms with Crippen molar-refractivity contribution in [3.8, 4) is 5.69 Å². The molecule has 3 rings (SSSR count). The number of aromatic nitrogens is 2. The minimum atomic E-state index is 1.05. The second kappa shape index (κ2) is 3.67. The molecule has 0 spiro atoms. The molecular formula is C13H14N2S. The highest BCUT2D eigenvalue weighted by Crippen LogP contribution is 2.28. The Balaban J connectivity index is 2.17. The lowest BCUT2D eigenvalue weighted by atomic mass is 10.0. The van der Waals surface area contributed by atoms with E-state index < -0.39 is 0 Å². The van der Waals surface area contributed by atoms with Crippen molar-refractivity contribution in [2.24, 2.45) is 0 Å². The van der Waals surface area contributed by atoms with Crippen molar-refractivity contribution in [1.82, 2.24) is 9.55 Å². The molecule has 1 aromatic heterocycles. The standard InChI is InChI=1S/C13H14N2S/c1-9-8-15-12-5-4-11(16-2)7-10(12)3-6-13(15)14-9/h4-5,7-8H,3,6H2,1-2H3. The van der Waals surface area contributed by atoms with Gasteiger partial charge in [0.1, 0.15) is 5.82 Å². The highest BCUT2D eigenvalue weighted by Gasteiger charge is 2.17. The Labute approximate surface area is 99.7 Å². The Morgan fingerprint density at radius 3 is 3.00 bits per heavy atom. The predicted octanol–water partition coefficient (Wildman–Crippen LogP) is 3.00. The SMILES string of the molecule is CSc1ccc2c(c1)CCc1nc(C)cn1-2. The van der Waals surface area contributed by atoms with Gasteiger partial charge in [0.15, 0.2) is 0 Å². The fourth-order valence-electron chi connectivity index (χ4n) is 2.30. The number of hydrogen-bond acceptors (Lipinski definition) is 2.